The molecule has 1 aromatic carbocycles. The lowest BCUT2D eigenvalue weighted by molar-refractivity contribution is 0.0751. The average molecular weight is 380 g/mol. The van der Waals surface area contributed by atoms with Crippen LogP contribution in [0.2, 0.25) is 0 Å². The van der Waals surface area contributed by atoms with Crippen LogP contribution in [0.15, 0.2) is 28.7 Å². The number of carbonyl (C=O) groups excluding carboxylic acids is 2. The maximum atomic E-state index is 12.8. The van der Waals surface area contributed by atoms with Gasteiger partial charge >= 0.3 is 6.09 Å². The van der Waals surface area contributed by atoms with Crippen molar-refractivity contribution in [3.8, 4) is 0 Å². The van der Waals surface area contributed by atoms with Gasteiger partial charge in [-0.15, -0.1) is 0 Å². The predicted octanol–water partition coefficient (Wildman–Crippen LogP) is 2.84. The Morgan fingerprint density at radius 2 is 1.83 bits per heavy atom. The highest BCUT2D eigenvalue weighted by molar-refractivity contribution is 9.10. The Morgan fingerprint density at radius 1 is 1.13 bits per heavy atom. The molecule has 0 aliphatic carbocycles. The van der Waals surface area contributed by atoms with Gasteiger partial charge in [-0.2, -0.15) is 0 Å². The highest BCUT2D eigenvalue weighted by atomic mass is 79.9. The van der Waals surface area contributed by atoms with E-state index in [1.165, 1.54) is 7.11 Å². The highest BCUT2D eigenvalue weighted by Gasteiger charge is 2.25. The molecular weight excluding hydrogens is 362 g/mol. The average Bonchev–Trinajstić information content (AvgIpc) is 2.76. The highest BCUT2D eigenvalue weighted by Crippen LogP contribution is 2.28. The minimum atomic E-state index is -0.342. The fraction of sp³-hybridized carbons (Fsp3) is 0.375. The minimum absolute atomic E-state index is 0.0557. The lowest BCUT2D eigenvalue weighted by Crippen LogP contribution is -2.37. The van der Waals surface area contributed by atoms with Gasteiger partial charge in [0.1, 0.15) is 5.69 Å². The number of aromatic amines is 1. The molecule has 1 fully saturated rings. The molecule has 23 heavy (non-hydrogen) atoms. The van der Waals surface area contributed by atoms with E-state index in [9.17, 15) is 9.59 Å². The summed E-state index contributed by atoms with van der Waals surface area (Å²) in [5.74, 6) is -0.0557. The third-order valence-electron chi connectivity index (χ3n) is 4.07. The van der Waals surface area contributed by atoms with Crippen LogP contribution in [0.4, 0.5) is 4.79 Å². The van der Waals surface area contributed by atoms with Gasteiger partial charge in [-0.25, -0.2) is 4.79 Å². The Bertz CT molecular complexity index is 743. The number of hydrogen-bond acceptors (Lipinski definition) is 3. The number of ether oxygens (including phenoxy) is 1. The number of H-pyrrole nitrogens is 1. The van der Waals surface area contributed by atoms with Gasteiger partial charge in [0.15, 0.2) is 0 Å². The molecule has 7 heteroatoms. The Hall–Kier alpha value is -2.02. The van der Waals surface area contributed by atoms with Gasteiger partial charge in [-0.05, 0) is 28.4 Å². The molecule has 0 bridgehead atoms. The van der Waals surface area contributed by atoms with E-state index in [4.69, 9.17) is 4.74 Å². The molecule has 1 aliphatic rings. The van der Waals surface area contributed by atoms with Crippen molar-refractivity contribution in [1.82, 2.24) is 14.8 Å². The molecule has 2 amide bonds. The monoisotopic (exact) mass is 379 g/mol. The molecule has 0 radical (unpaired) electrons. The molecule has 1 aliphatic heterocycles. The van der Waals surface area contributed by atoms with Gasteiger partial charge in [0.25, 0.3) is 5.91 Å². The molecular formula is C16H18BrN3O3. The summed E-state index contributed by atoms with van der Waals surface area (Å²) in [5, 5.41) is 0.988. The van der Waals surface area contributed by atoms with Crippen LogP contribution in [0.3, 0.4) is 0 Å². The predicted molar refractivity (Wildman–Crippen MR) is 90.5 cm³/mol. The van der Waals surface area contributed by atoms with Crippen LogP contribution in [0.1, 0.15) is 16.9 Å². The zero-order chi connectivity index (χ0) is 16.4. The molecule has 1 aromatic heterocycles. The number of nitrogens with zero attached hydrogens (tertiary/aromatic N) is 2. The zero-order valence-corrected chi connectivity index (χ0v) is 14.4. The largest absolute Gasteiger partial charge is 0.453 e. The number of hydrogen-bond donors (Lipinski definition) is 1. The molecule has 1 saturated heterocycles. The summed E-state index contributed by atoms with van der Waals surface area (Å²) in [4.78, 5) is 31.0. The molecule has 6 nitrogen and oxygen atoms in total. The molecule has 3 rings (SSSR count). The number of amides is 2. The first-order chi connectivity index (χ1) is 11.1. The van der Waals surface area contributed by atoms with Crippen molar-refractivity contribution in [2.75, 3.05) is 33.3 Å². The van der Waals surface area contributed by atoms with Gasteiger partial charge in [0, 0.05) is 37.1 Å². The number of rotatable bonds is 1. The van der Waals surface area contributed by atoms with Crippen molar-refractivity contribution >= 4 is 38.8 Å². The van der Waals surface area contributed by atoms with Crippen LogP contribution >= 0.6 is 15.9 Å². The number of fused-ring (bicyclic) bond motifs is 1. The second kappa shape index (κ2) is 6.62. The summed E-state index contributed by atoms with van der Waals surface area (Å²) in [5.41, 5.74) is 1.48. The molecule has 0 atom stereocenters. The smallest absolute Gasteiger partial charge is 0.409 e. The Morgan fingerprint density at radius 3 is 2.57 bits per heavy atom. The van der Waals surface area contributed by atoms with E-state index < -0.39 is 0 Å². The third-order valence-corrected chi connectivity index (χ3v) is 4.90. The van der Waals surface area contributed by atoms with Crippen molar-refractivity contribution in [2.45, 2.75) is 6.42 Å². The first kappa shape index (κ1) is 15.9. The SMILES string of the molecule is COC(=O)N1CCCN(C(=O)c2[nH]c3ccccc3c2Br)CC1. The summed E-state index contributed by atoms with van der Waals surface area (Å²) in [6.45, 7) is 2.20. The van der Waals surface area contributed by atoms with E-state index in [0.717, 1.165) is 21.8 Å². The summed E-state index contributed by atoms with van der Waals surface area (Å²) in [6, 6.07) is 7.78. The lowest BCUT2D eigenvalue weighted by Gasteiger charge is -2.21. The number of methoxy groups -OCH3 is 1. The lowest BCUT2D eigenvalue weighted by atomic mass is 10.2. The standard InChI is InChI=1S/C16H18BrN3O3/c1-23-16(22)20-8-4-7-19(9-10-20)15(21)14-13(17)11-5-2-3-6-12(11)18-14/h2-3,5-6,18H,4,7-10H2,1H3. The third kappa shape index (κ3) is 3.06. The molecule has 0 saturated carbocycles. The number of halogens is 1. The van der Waals surface area contributed by atoms with Crippen LogP contribution < -0.4 is 0 Å². The van der Waals surface area contributed by atoms with Crippen LogP contribution in [-0.2, 0) is 4.74 Å². The number of nitrogens with one attached hydrogen (secondary N) is 1. The van der Waals surface area contributed by atoms with Gasteiger partial charge in [0.05, 0.1) is 11.6 Å². The molecule has 2 aromatic rings. The van der Waals surface area contributed by atoms with Gasteiger partial charge in [-0.3, -0.25) is 4.79 Å². The molecule has 0 spiro atoms. The number of benzene rings is 1. The second-order valence-electron chi connectivity index (χ2n) is 5.46. The normalized spacial score (nSPS) is 15.6. The van der Waals surface area contributed by atoms with Crippen molar-refractivity contribution in [3.05, 3.63) is 34.4 Å². The van der Waals surface area contributed by atoms with Gasteiger partial charge in [0.2, 0.25) is 0 Å². The minimum Gasteiger partial charge on any atom is -0.453 e. The Kier molecular flexibility index (Phi) is 4.56. The first-order valence-corrected chi connectivity index (χ1v) is 8.29. The van der Waals surface area contributed by atoms with E-state index in [1.54, 1.807) is 9.80 Å². The van der Waals surface area contributed by atoms with E-state index >= 15 is 0 Å². The van der Waals surface area contributed by atoms with Crippen LogP contribution in [0.25, 0.3) is 10.9 Å². The second-order valence-corrected chi connectivity index (χ2v) is 6.26. The van der Waals surface area contributed by atoms with Crippen molar-refractivity contribution < 1.29 is 14.3 Å². The first-order valence-electron chi connectivity index (χ1n) is 7.50. The summed E-state index contributed by atoms with van der Waals surface area (Å²) in [7, 11) is 1.37. The van der Waals surface area contributed by atoms with Crippen LogP contribution in [-0.4, -0.2) is 60.1 Å². The molecule has 2 heterocycles. The Balaban J connectivity index is 1.79. The fourth-order valence-corrected chi connectivity index (χ4v) is 3.46. The molecule has 0 unspecified atom stereocenters. The molecule has 1 N–H and O–H groups in total. The van der Waals surface area contributed by atoms with Crippen LogP contribution in [0.5, 0.6) is 0 Å². The van der Waals surface area contributed by atoms with E-state index in [1.807, 2.05) is 24.3 Å². The quantitative estimate of drug-likeness (QED) is 0.828. The summed E-state index contributed by atoms with van der Waals surface area (Å²) in [6.07, 6.45) is 0.393. The van der Waals surface area contributed by atoms with Gasteiger partial charge < -0.3 is 19.5 Å². The van der Waals surface area contributed by atoms with Crippen molar-refractivity contribution in [1.29, 1.82) is 0 Å². The van der Waals surface area contributed by atoms with E-state index in [0.29, 0.717) is 31.9 Å². The fourth-order valence-electron chi connectivity index (χ4n) is 2.85. The number of carbonyl (C=O) groups is 2. The van der Waals surface area contributed by atoms with E-state index in [2.05, 4.69) is 20.9 Å². The summed E-state index contributed by atoms with van der Waals surface area (Å²) >= 11 is 3.52. The van der Waals surface area contributed by atoms with Crippen molar-refractivity contribution in [3.63, 3.8) is 0 Å². The van der Waals surface area contributed by atoms with E-state index in [-0.39, 0.29) is 12.0 Å². The Labute approximate surface area is 142 Å². The maximum Gasteiger partial charge on any atom is 0.409 e. The molecule has 122 valence electrons. The number of para-hydroxylation sites is 1. The van der Waals surface area contributed by atoms with Crippen LogP contribution in [0, 0.1) is 0 Å². The zero-order valence-electron chi connectivity index (χ0n) is 12.8. The van der Waals surface area contributed by atoms with Crippen molar-refractivity contribution in [2.24, 2.45) is 0 Å². The van der Waals surface area contributed by atoms with Gasteiger partial charge in [-0.1, -0.05) is 18.2 Å². The number of aromatic nitrogens is 1. The topological polar surface area (TPSA) is 65.6 Å². The summed E-state index contributed by atoms with van der Waals surface area (Å²) < 4.78 is 5.54. The maximum absolute atomic E-state index is 12.8.